The van der Waals surface area contributed by atoms with E-state index >= 15 is 0 Å². The molecule has 0 saturated heterocycles. The third kappa shape index (κ3) is 1.63. The number of fused-ring (bicyclic) bond motifs is 1. The molecule has 0 bridgehead atoms. The highest BCUT2D eigenvalue weighted by molar-refractivity contribution is 9.10. The van der Waals surface area contributed by atoms with E-state index in [0.29, 0.717) is 5.75 Å². The number of hydrogen-bond donors (Lipinski definition) is 2. The van der Waals surface area contributed by atoms with Crippen LogP contribution in [0, 0.1) is 0 Å². The summed E-state index contributed by atoms with van der Waals surface area (Å²) in [6.45, 7) is 0. The molecule has 3 heteroatoms. The SMILES string of the molecule is Oc1c(-c2cc[nH]c2Br)ccc2ccccc12. The summed E-state index contributed by atoms with van der Waals surface area (Å²) in [6.07, 6.45) is 1.84. The van der Waals surface area contributed by atoms with Crippen LogP contribution >= 0.6 is 15.9 Å². The Balaban J connectivity index is 2.32. The molecule has 1 aromatic heterocycles. The van der Waals surface area contributed by atoms with E-state index in [1.54, 1.807) is 0 Å². The van der Waals surface area contributed by atoms with Crippen molar-refractivity contribution in [3.8, 4) is 16.9 Å². The fourth-order valence-electron chi connectivity index (χ4n) is 2.03. The van der Waals surface area contributed by atoms with Crippen molar-refractivity contribution in [1.29, 1.82) is 0 Å². The lowest BCUT2D eigenvalue weighted by Gasteiger charge is -2.07. The third-order valence-electron chi connectivity index (χ3n) is 2.89. The number of hydrogen-bond acceptors (Lipinski definition) is 1. The van der Waals surface area contributed by atoms with Crippen LogP contribution in [-0.2, 0) is 0 Å². The van der Waals surface area contributed by atoms with Crippen molar-refractivity contribution < 1.29 is 5.11 Å². The van der Waals surface area contributed by atoms with Crippen LogP contribution in [0.4, 0.5) is 0 Å². The zero-order chi connectivity index (χ0) is 11.8. The van der Waals surface area contributed by atoms with E-state index in [1.807, 2.05) is 48.7 Å². The Bertz CT molecular complexity index is 688. The molecular formula is C14H10BrNO. The van der Waals surface area contributed by atoms with Crippen molar-refractivity contribution in [2.75, 3.05) is 0 Å². The number of nitrogens with one attached hydrogen (secondary N) is 1. The Morgan fingerprint density at radius 3 is 2.53 bits per heavy atom. The molecule has 0 aliphatic heterocycles. The first-order valence-corrected chi connectivity index (χ1v) is 6.10. The largest absolute Gasteiger partial charge is 0.507 e. The number of phenolic OH excluding ortho intramolecular Hbond substituents is 1. The van der Waals surface area contributed by atoms with Gasteiger partial charge >= 0.3 is 0 Å². The van der Waals surface area contributed by atoms with Crippen LogP contribution in [0.25, 0.3) is 21.9 Å². The molecule has 3 rings (SSSR count). The molecule has 0 saturated carbocycles. The quantitative estimate of drug-likeness (QED) is 0.688. The first kappa shape index (κ1) is 10.4. The second-order valence-corrected chi connectivity index (χ2v) is 4.68. The molecule has 0 amide bonds. The second-order valence-electron chi connectivity index (χ2n) is 3.89. The van der Waals surface area contributed by atoms with E-state index in [-0.39, 0.29) is 0 Å². The van der Waals surface area contributed by atoms with Gasteiger partial charge in [-0.3, -0.25) is 0 Å². The molecule has 84 valence electrons. The summed E-state index contributed by atoms with van der Waals surface area (Å²) >= 11 is 3.43. The normalized spacial score (nSPS) is 10.9. The predicted molar refractivity (Wildman–Crippen MR) is 73.1 cm³/mol. The molecular weight excluding hydrogens is 278 g/mol. The highest BCUT2D eigenvalue weighted by Crippen LogP contribution is 2.38. The van der Waals surface area contributed by atoms with Gasteiger partial charge in [-0.25, -0.2) is 0 Å². The van der Waals surface area contributed by atoms with Crippen LogP contribution in [0.1, 0.15) is 0 Å². The van der Waals surface area contributed by atoms with Crippen LogP contribution in [0.5, 0.6) is 5.75 Å². The fourth-order valence-corrected chi connectivity index (χ4v) is 2.51. The Morgan fingerprint density at radius 1 is 0.941 bits per heavy atom. The summed E-state index contributed by atoms with van der Waals surface area (Å²) in [7, 11) is 0. The molecule has 3 aromatic rings. The van der Waals surface area contributed by atoms with Gasteiger partial charge in [-0.2, -0.15) is 0 Å². The molecule has 0 unspecified atom stereocenters. The van der Waals surface area contributed by atoms with E-state index in [1.165, 1.54) is 0 Å². The van der Waals surface area contributed by atoms with Crippen molar-refractivity contribution in [1.82, 2.24) is 4.98 Å². The number of phenols is 1. The Labute approximate surface area is 107 Å². The average Bonchev–Trinajstić information content (AvgIpc) is 2.76. The van der Waals surface area contributed by atoms with Gasteiger partial charge in [0.15, 0.2) is 0 Å². The molecule has 2 aromatic carbocycles. The van der Waals surface area contributed by atoms with Gasteiger partial charge in [-0.05, 0) is 33.4 Å². The molecule has 2 nitrogen and oxygen atoms in total. The summed E-state index contributed by atoms with van der Waals surface area (Å²) < 4.78 is 0.878. The molecule has 0 aliphatic rings. The van der Waals surface area contributed by atoms with E-state index in [4.69, 9.17) is 0 Å². The van der Waals surface area contributed by atoms with Crippen molar-refractivity contribution in [2.24, 2.45) is 0 Å². The van der Waals surface area contributed by atoms with Crippen LogP contribution in [0.2, 0.25) is 0 Å². The maximum absolute atomic E-state index is 10.3. The van der Waals surface area contributed by atoms with Gasteiger partial charge in [0, 0.05) is 22.7 Å². The Morgan fingerprint density at radius 2 is 1.76 bits per heavy atom. The van der Waals surface area contributed by atoms with Crippen LogP contribution < -0.4 is 0 Å². The van der Waals surface area contributed by atoms with Crippen LogP contribution in [0.3, 0.4) is 0 Å². The highest BCUT2D eigenvalue weighted by atomic mass is 79.9. The van der Waals surface area contributed by atoms with Crippen molar-refractivity contribution in [2.45, 2.75) is 0 Å². The lowest BCUT2D eigenvalue weighted by atomic mass is 10.0. The highest BCUT2D eigenvalue weighted by Gasteiger charge is 2.11. The summed E-state index contributed by atoms with van der Waals surface area (Å²) in [5.74, 6) is 0.323. The van der Waals surface area contributed by atoms with E-state index in [0.717, 1.165) is 26.5 Å². The standard InChI is InChI=1S/C14H10BrNO/c15-14-12(7-8-16-14)11-6-5-9-3-1-2-4-10(9)13(11)17/h1-8,16-17H. The van der Waals surface area contributed by atoms with Gasteiger partial charge in [0.25, 0.3) is 0 Å². The Hall–Kier alpha value is -1.74. The molecule has 17 heavy (non-hydrogen) atoms. The van der Waals surface area contributed by atoms with Gasteiger partial charge in [-0.1, -0.05) is 30.3 Å². The monoisotopic (exact) mass is 287 g/mol. The maximum atomic E-state index is 10.3. The summed E-state index contributed by atoms with van der Waals surface area (Å²) in [6, 6.07) is 13.7. The van der Waals surface area contributed by atoms with Crippen molar-refractivity contribution in [3.05, 3.63) is 53.3 Å². The molecule has 0 radical (unpaired) electrons. The number of halogens is 1. The molecule has 0 spiro atoms. The minimum absolute atomic E-state index is 0.323. The smallest absolute Gasteiger partial charge is 0.131 e. The molecule has 2 N–H and O–H groups in total. The number of aromatic nitrogens is 1. The number of aromatic hydroxyl groups is 1. The average molecular weight is 288 g/mol. The first-order valence-electron chi connectivity index (χ1n) is 5.31. The topological polar surface area (TPSA) is 36.0 Å². The van der Waals surface area contributed by atoms with Gasteiger partial charge in [0.2, 0.25) is 0 Å². The van der Waals surface area contributed by atoms with E-state index < -0.39 is 0 Å². The minimum atomic E-state index is 0.323. The lowest BCUT2D eigenvalue weighted by Crippen LogP contribution is -1.80. The lowest BCUT2D eigenvalue weighted by molar-refractivity contribution is 0.483. The number of benzene rings is 2. The molecule has 0 fully saturated rings. The first-order chi connectivity index (χ1) is 8.27. The summed E-state index contributed by atoms with van der Waals surface area (Å²) in [5, 5.41) is 12.2. The van der Waals surface area contributed by atoms with Crippen LogP contribution in [0.15, 0.2) is 53.3 Å². The van der Waals surface area contributed by atoms with E-state index in [2.05, 4.69) is 20.9 Å². The maximum Gasteiger partial charge on any atom is 0.131 e. The Kier molecular flexibility index (Phi) is 2.41. The summed E-state index contributed by atoms with van der Waals surface area (Å²) in [5.41, 5.74) is 1.80. The van der Waals surface area contributed by atoms with Crippen molar-refractivity contribution in [3.63, 3.8) is 0 Å². The fraction of sp³-hybridized carbons (Fsp3) is 0. The van der Waals surface area contributed by atoms with Crippen molar-refractivity contribution >= 4 is 26.7 Å². The van der Waals surface area contributed by atoms with Crippen LogP contribution in [-0.4, -0.2) is 10.1 Å². The molecule has 1 heterocycles. The zero-order valence-electron chi connectivity index (χ0n) is 8.94. The summed E-state index contributed by atoms with van der Waals surface area (Å²) in [4.78, 5) is 3.05. The van der Waals surface area contributed by atoms with Gasteiger partial charge in [0.05, 0.1) is 4.60 Å². The number of aromatic amines is 1. The molecule has 0 aliphatic carbocycles. The minimum Gasteiger partial charge on any atom is -0.507 e. The van der Waals surface area contributed by atoms with Gasteiger partial charge in [0.1, 0.15) is 5.75 Å². The predicted octanol–water partition coefficient (Wildman–Crippen LogP) is 4.30. The third-order valence-corrected chi connectivity index (χ3v) is 3.54. The van der Waals surface area contributed by atoms with E-state index in [9.17, 15) is 5.11 Å². The number of H-pyrrole nitrogens is 1. The van der Waals surface area contributed by atoms with Gasteiger partial charge < -0.3 is 10.1 Å². The zero-order valence-corrected chi connectivity index (χ0v) is 10.5. The van der Waals surface area contributed by atoms with Gasteiger partial charge in [-0.15, -0.1) is 0 Å². The molecule has 0 atom stereocenters. The number of rotatable bonds is 1. The second kappa shape index (κ2) is 3.93.